The first kappa shape index (κ1) is 33.3. The van der Waals surface area contributed by atoms with E-state index >= 15 is 0 Å². The molecule has 2 atom stereocenters. The molecule has 12 heteroatoms. The maximum Gasteiger partial charge on any atom is 0.323 e. The first-order chi connectivity index (χ1) is 20.6. The third kappa shape index (κ3) is 8.89. The zero-order valence-corrected chi connectivity index (χ0v) is 25.5. The smallest absolute Gasteiger partial charge is 0.323 e. The van der Waals surface area contributed by atoms with Crippen LogP contribution < -0.4 is 15.0 Å². The van der Waals surface area contributed by atoms with Gasteiger partial charge >= 0.3 is 5.97 Å². The molecular weight excluding hydrogens is 570 g/mol. The van der Waals surface area contributed by atoms with Gasteiger partial charge < -0.3 is 24.6 Å². The van der Waals surface area contributed by atoms with Gasteiger partial charge in [-0.1, -0.05) is 32.6 Å². The van der Waals surface area contributed by atoms with E-state index in [1.165, 1.54) is 0 Å². The van der Waals surface area contributed by atoms with Crippen LogP contribution in [0.25, 0.3) is 0 Å². The quantitative estimate of drug-likeness (QED) is 0.170. The zero-order chi connectivity index (χ0) is 31.5. The van der Waals surface area contributed by atoms with Crippen molar-refractivity contribution in [3.8, 4) is 23.7 Å². The lowest BCUT2D eigenvalue weighted by atomic mass is 10.1. The molecule has 0 saturated carbocycles. The number of hydrogen-bond acceptors (Lipinski definition) is 8. The molecular formula is C31H36N5O6S-. The maximum absolute atomic E-state index is 12.7. The number of carbonyl (C=O) groups excluding carboxylic acids is 1. The zero-order valence-electron chi connectivity index (χ0n) is 24.7. The van der Waals surface area contributed by atoms with Crippen LogP contribution >= 0.6 is 0 Å². The van der Waals surface area contributed by atoms with Gasteiger partial charge in [0.15, 0.2) is 0 Å². The minimum Gasteiger partial charge on any atom is -0.759 e. The van der Waals surface area contributed by atoms with E-state index in [0.717, 1.165) is 15.7 Å². The number of hydrogen-bond donors (Lipinski definition) is 2. The van der Waals surface area contributed by atoms with Crippen molar-refractivity contribution < 1.29 is 28.2 Å². The third-order valence-corrected chi connectivity index (χ3v) is 7.62. The number of nitrogens with zero attached hydrogens (tertiary/aromatic N) is 4. The number of ether oxygens (including phenoxy) is 1. The molecule has 1 aliphatic heterocycles. The molecule has 2 aromatic carbocycles. The Hall–Kier alpha value is -4.20. The molecule has 0 aliphatic carbocycles. The summed E-state index contributed by atoms with van der Waals surface area (Å²) in [5.74, 6) is 5.28. The van der Waals surface area contributed by atoms with Gasteiger partial charge in [-0.3, -0.25) is 13.8 Å². The summed E-state index contributed by atoms with van der Waals surface area (Å²) >= 11 is -2.71. The number of rotatable bonds is 11. The Morgan fingerprint density at radius 2 is 1.77 bits per heavy atom. The Balaban J connectivity index is 1.72. The van der Waals surface area contributed by atoms with Crippen LogP contribution in [-0.2, 0) is 16.1 Å². The van der Waals surface area contributed by atoms with Gasteiger partial charge in [-0.15, -0.1) is 0 Å². The third-order valence-electron chi connectivity index (χ3n) is 6.86. The molecule has 0 aromatic heterocycles. The fraction of sp³-hybridized carbons (Fsp3) is 0.387. The molecule has 1 heterocycles. The molecule has 2 N–H and O–H groups in total. The summed E-state index contributed by atoms with van der Waals surface area (Å²) in [6.45, 7) is 8.78. The normalized spacial score (nSPS) is 15.3. The van der Waals surface area contributed by atoms with E-state index in [9.17, 15) is 23.5 Å². The van der Waals surface area contributed by atoms with Crippen molar-refractivity contribution >= 4 is 28.8 Å². The summed E-state index contributed by atoms with van der Waals surface area (Å²) in [6.07, 6.45) is 2.49. The number of carboxylic acid groups (broad SMARTS) is 1. The van der Waals surface area contributed by atoms with Gasteiger partial charge in [0.25, 0.3) is 5.91 Å². The summed E-state index contributed by atoms with van der Waals surface area (Å²) in [5.41, 5.74) is 2.59. The topological polar surface area (TPSA) is 149 Å². The van der Waals surface area contributed by atoms with Crippen molar-refractivity contribution in [3.63, 3.8) is 0 Å². The van der Waals surface area contributed by atoms with Gasteiger partial charge in [0.05, 0.1) is 17.4 Å². The van der Waals surface area contributed by atoms with Crippen molar-refractivity contribution in [2.24, 2.45) is 5.92 Å². The lowest BCUT2D eigenvalue weighted by Crippen LogP contribution is -2.60. The Labute approximate surface area is 255 Å². The second-order valence-corrected chi connectivity index (χ2v) is 10.9. The molecule has 0 radical (unpaired) electrons. The molecule has 11 nitrogen and oxygen atoms in total. The Morgan fingerprint density at radius 3 is 2.30 bits per heavy atom. The van der Waals surface area contributed by atoms with Crippen molar-refractivity contribution in [2.45, 2.75) is 40.2 Å². The summed E-state index contributed by atoms with van der Waals surface area (Å²) < 4.78 is 30.7. The van der Waals surface area contributed by atoms with Gasteiger partial charge in [0.1, 0.15) is 18.3 Å². The Bertz CT molecular complexity index is 1450. The summed E-state index contributed by atoms with van der Waals surface area (Å²) in [7, 11) is 0. The molecule has 1 amide bonds. The van der Waals surface area contributed by atoms with Crippen molar-refractivity contribution in [1.29, 1.82) is 5.26 Å². The predicted molar refractivity (Wildman–Crippen MR) is 162 cm³/mol. The maximum atomic E-state index is 12.7. The highest BCUT2D eigenvalue weighted by molar-refractivity contribution is 7.76. The molecule has 3 rings (SSSR count). The number of benzene rings is 2. The van der Waals surface area contributed by atoms with Gasteiger partial charge in [0.2, 0.25) is 0 Å². The number of anilines is 1. The number of carbonyl (C=O) groups is 2. The fourth-order valence-electron chi connectivity index (χ4n) is 4.61. The number of nitriles is 1. The predicted octanol–water partition coefficient (Wildman–Crippen LogP) is 3.27. The standard InChI is InChI=1S/C31H37N5O6S/c1-5-26(6-2)42-28-14-11-24(21-27(28)30(37)33-16-15-32)8-7-23-9-12-25(13-10-23)34-17-19-35(20-18-34)36(43(40)41)29(22(3)4)31(38)39/h5,9-14,21-22,29H,6,16-20H2,1-4H3,(H,33,37)(H,38,39)(H,40,41)/p-1. The highest BCUT2D eigenvalue weighted by Crippen LogP contribution is 2.24. The van der Waals surface area contributed by atoms with E-state index in [0.29, 0.717) is 49.7 Å². The molecule has 1 fully saturated rings. The van der Waals surface area contributed by atoms with Crippen LogP contribution in [-0.4, -0.2) is 73.9 Å². The molecule has 228 valence electrons. The van der Waals surface area contributed by atoms with Crippen LogP contribution in [0.4, 0.5) is 5.69 Å². The highest BCUT2D eigenvalue weighted by Gasteiger charge is 2.35. The number of aliphatic carboxylic acids is 1. The molecule has 0 bridgehead atoms. The summed E-state index contributed by atoms with van der Waals surface area (Å²) in [4.78, 5) is 26.6. The van der Waals surface area contributed by atoms with Crippen LogP contribution in [0.15, 0.2) is 54.3 Å². The number of allylic oxidation sites excluding steroid dienone is 2. The van der Waals surface area contributed by atoms with Crippen LogP contribution in [0.5, 0.6) is 5.75 Å². The lowest BCUT2D eigenvalue weighted by molar-refractivity contribution is -0.149. The average Bonchev–Trinajstić information content (AvgIpc) is 3.00. The molecule has 0 spiro atoms. The Morgan fingerprint density at radius 1 is 1.14 bits per heavy atom. The molecule has 2 unspecified atom stereocenters. The van der Waals surface area contributed by atoms with Gasteiger partial charge in [-0.25, -0.2) is 5.01 Å². The first-order valence-electron chi connectivity index (χ1n) is 13.9. The second kappa shape index (κ2) is 15.9. The first-order valence-corrected chi connectivity index (χ1v) is 15.0. The van der Waals surface area contributed by atoms with E-state index < -0.39 is 35.1 Å². The number of hydrazine groups is 1. The van der Waals surface area contributed by atoms with Crippen LogP contribution in [0.1, 0.15) is 55.6 Å². The van der Waals surface area contributed by atoms with E-state index in [2.05, 4.69) is 22.1 Å². The average molecular weight is 607 g/mol. The summed E-state index contributed by atoms with van der Waals surface area (Å²) in [5, 5.41) is 22.6. The van der Waals surface area contributed by atoms with E-state index in [-0.39, 0.29) is 12.1 Å². The largest absolute Gasteiger partial charge is 0.759 e. The molecule has 1 saturated heterocycles. The second-order valence-electron chi connectivity index (χ2n) is 10.0. The number of amides is 1. The van der Waals surface area contributed by atoms with Gasteiger partial charge in [0, 0.05) is 60.7 Å². The molecule has 2 aromatic rings. The molecule has 43 heavy (non-hydrogen) atoms. The van der Waals surface area contributed by atoms with E-state index in [1.54, 1.807) is 37.1 Å². The van der Waals surface area contributed by atoms with Crippen LogP contribution in [0.2, 0.25) is 0 Å². The lowest BCUT2D eigenvalue weighted by Gasteiger charge is -2.45. The number of nitrogens with one attached hydrogen (secondary N) is 1. The number of piperazine rings is 1. The SMILES string of the molecule is CC=C(CC)Oc1ccc(C#Cc2ccc(N3CCN(N(C(C(=O)O)C(C)C)S(=O)[O-])CC3)cc2)cc1C(=O)NCC#N. The minimum absolute atomic E-state index is 0.128. The van der Waals surface area contributed by atoms with Crippen LogP contribution in [0.3, 0.4) is 0 Å². The summed E-state index contributed by atoms with van der Waals surface area (Å²) in [6, 6.07) is 13.4. The minimum atomic E-state index is -2.71. The Kier molecular flexibility index (Phi) is 12.3. The van der Waals surface area contributed by atoms with Gasteiger partial charge in [-0.2, -0.15) is 9.68 Å². The van der Waals surface area contributed by atoms with Crippen molar-refractivity contribution in [1.82, 2.24) is 14.7 Å². The van der Waals surface area contributed by atoms with Gasteiger partial charge in [-0.05, 0) is 61.4 Å². The van der Waals surface area contributed by atoms with Crippen LogP contribution in [0, 0.1) is 29.1 Å². The molecule has 1 aliphatic rings. The van der Waals surface area contributed by atoms with E-state index in [4.69, 9.17) is 10.00 Å². The fourth-order valence-corrected chi connectivity index (χ4v) is 5.49. The monoisotopic (exact) mass is 606 g/mol. The highest BCUT2D eigenvalue weighted by atomic mass is 32.2. The van der Waals surface area contributed by atoms with Crippen molar-refractivity contribution in [2.75, 3.05) is 37.6 Å². The van der Waals surface area contributed by atoms with E-state index in [1.807, 2.05) is 50.3 Å². The number of carboxylic acids is 1. The van der Waals surface area contributed by atoms with Crippen molar-refractivity contribution in [3.05, 3.63) is 71.0 Å².